The van der Waals surface area contributed by atoms with Gasteiger partial charge in [-0.3, -0.25) is 9.97 Å². The number of rotatable bonds is 0. The molecule has 2 heterocycles. The average molecular weight is 175 g/mol. The number of nitrogens with zero attached hydrogens (tertiary/aromatic N) is 2. The van der Waals surface area contributed by atoms with Gasteiger partial charge in [-0.15, -0.1) is 0 Å². The van der Waals surface area contributed by atoms with Gasteiger partial charge in [-0.05, 0) is 37.6 Å². The zero-order valence-electron chi connectivity index (χ0n) is 7.91. The van der Waals surface area contributed by atoms with Crippen LogP contribution in [0.5, 0.6) is 0 Å². The summed E-state index contributed by atoms with van der Waals surface area (Å²) in [5.41, 5.74) is 4.22. The van der Waals surface area contributed by atoms with Crippen molar-refractivity contribution in [3.63, 3.8) is 0 Å². The quantitative estimate of drug-likeness (QED) is 0.668. The van der Waals surface area contributed by atoms with Crippen LogP contribution >= 0.6 is 0 Å². The third-order valence-electron chi connectivity index (χ3n) is 2.03. The van der Waals surface area contributed by atoms with Crippen LogP contribution in [-0.2, 0) is 0 Å². The molecule has 0 saturated carbocycles. The highest BCUT2D eigenvalue weighted by Crippen LogP contribution is 2.12. The van der Waals surface area contributed by atoms with E-state index in [2.05, 4.69) is 23.0 Å². The molecule has 0 saturated heterocycles. The van der Waals surface area contributed by atoms with Gasteiger partial charge in [0.15, 0.2) is 0 Å². The Balaban J connectivity index is 0.000000845. The Labute approximate surface area is 77.4 Å². The Morgan fingerprint density at radius 3 is 2.69 bits per heavy atom. The van der Waals surface area contributed by atoms with Gasteiger partial charge in [-0.1, -0.05) is 0 Å². The molecule has 0 unspecified atom stereocenters. The lowest BCUT2D eigenvalue weighted by Gasteiger charge is -2.00. The highest BCUT2D eigenvalue weighted by Gasteiger charge is 1.97. The molecule has 3 heteroatoms. The van der Waals surface area contributed by atoms with Crippen LogP contribution in [0.1, 0.15) is 11.3 Å². The first-order valence-corrected chi connectivity index (χ1v) is 3.96. The topological polar surface area (TPSA) is 60.8 Å². The van der Waals surface area contributed by atoms with Gasteiger partial charge in [-0.2, -0.15) is 0 Å². The fraction of sp³-hybridized carbons (Fsp3) is 0.200. The highest BCUT2D eigenvalue weighted by atomic mass is 14.8. The van der Waals surface area contributed by atoms with Gasteiger partial charge in [0, 0.05) is 11.9 Å². The lowest BCUT2D eigenvalue weighted by molar-refractivity contribution is 1.18. The van der Waals surface area contributed by atoms with Crippen molar-refractivity contribution in [3.05, 3.63) is 35.7 Å². The molecule has 0 fully saturated rings. The van der Waals surface area contributed by atoms with E-state index in [9.17, 15) is 0 Å². The molecule has 0 aliphatic rings. The number of pyridine rings is 2. The number of hydrogen-bond donors (Lipinski definition) is 1. The first-order chi connectivity index (χ1) is 5.77. The van der Waals surface area contributed by atoms with Gasteiger partial charge in [0.25, 0.3) is 0 Å². The number of aryl methyl sites for hydroxylation is 2. The van der Waals surface area contributed by atoms with E-state index in [1.165, 1.54) is 5.56 Å². The van der Waals surface area contributed by atoms with E-state index in [1.54, 1.807) is 6.20 Å². The summed E-state index contributed by atoms with van der Waals surface area (Å²) in [5, 5.41) is 0. The van der Waals surface area contributed by atoms with Gasteiger partial charge in [-0.25, -0.2) is 0 Å². The molecule has 3 N–H and O–H groups in total. The molecule has 0 aromatic carbocycles. The van der Waals surface area contributed by atoms with Crippen LogP contribution in [0.3, 0.4) is 0 Å². The number of hydrogen-bond acceptors (Lipinski definition) is 3. The van der Waals surface area contributed by atoms with E-state index >= 15 is 0 Å². The summed E-state index contributed by atoms with van der Waals surface area (Å²) >= 11 is 0. The highest BCUT2D eigenvalue weighted by molar-refractivity contribution is 5.74. The molecule has 2 rings (SSSR count). The van der Waals surface area contributed by atoms with Crippen LogP contribution in [0, 0.1) is 13.8 Å². The van der Waals surface area contributed by atoms with Crippen molar-refractivity contribution in [1.82, 2.24) is 16.1 Å². The summed E-state index contributed by atoms with van der Waals surface area (Å²) in [6, 6.07) is 5.95. The van der Waals surface area contributed by atoms with Crippen molar-refractivity contribution < 1.29 is 0 Å². The third-order valence-corrected chi connectivity index (χ3v) is 2.03. The van der Waals surface area contributed by atoms with E-state index in [-0.39, 0.29) is 6.15 Å². The van der Waals surface area contributed by atoms with Gasteiger partial charge < -0.3 is 6.15 Å². The molecule has 68 valence electrons. The molecule has 0 radical (unpaired) electrons. The Morgan fingerprint density at radius 1 is 1.15 bits per heavy atom. The van der Waals surface area contributed by atoms with Crippen molar-refractivity contribution in [2.24, 2.45) is 0 Å². The zero-order chi connectivity index (χ0) is 8.55. The van der Waals surface area contributed by atoms with Crippen molar-refractivity contribution >= 4 is 11.0 Å². The molecule has 0 amide bonds. The Morgan fingerprint density at radius 2 is 1.92 bits per heavy atom. The second-order valence-corrected chi connectivity index (χ2v) is 2.93. The van der Waals surface area contributed by atoms with E-state index in [0.717, 1.165) is 16.7 Å². The monoisotopic (exact) mass is 175 g/mol. The molecule has 0 aliphatic heterocycles. The fourth-order valence-electron chi connectivity index (χ4n) is 1.19. The molecule has 3 nitrogen and oxygen atoms in total. The summed E-state index contributed by atoms with van der Waals surface area (Å²) in [6.45, 7) is 4.07. The summed E-state index contributed by atoms with van der Waals surface area (Å²) in [7, 11) is 0. The minimum atomic E-state index is 0. The van der Waals surface area contributed by atoms with Gasteiger partial charge in [0.05, 0.1) is 11.0 Å². The Bertz CT molecular complexity index is 383. The molecule has 0 spiro atoms. The van der Waals surface area contributed by atoms with Crippen molar-refractivity contribution in [3.8, 4) is 0 Å². The minimum Gasteiger partial charge on any atom is -0.344 e. The third kappa shape index (κ3) is 1.65. The number of aromatic nitrogens is 2. The summed E-state index contributed by atoms with van der Waals surface area (Å²) < 4.78 is 0. The van der Waals surface area contributed by atoms with E-state index in [0.29, 0.717) is 0 Å². The zero-order valence-corrected chi connectivity index (χ0v) is 7.91. The summed E-state index contributed by atoms with van der Waals surface area (Å²) in [5.74, 6) is 0. The standard InChI is InChI=1S/C10H10N2.H3N/c1-7-6-10-9(12-8(7)2)4-3-5-11-10;/h3-6H,1-2H3;1H3. The first kappa shape index (κ1) is 9.61. The molecule has 0 atom stereocenters. The largest absolute Gasteiger partial charge is 0.344 e. The maximum absolute atomic E-state index is 4.41. The second-order valence-electron chi connectivity index (χ2n) is 2.93. The predicted octanol–water partition coefficient (Wildman–Crippen LogP) is 2.41. The van der Waals surface area contributed by atoms with Gasteiger partial charge in [0.2, 0.25) is 0 Å². The predicted molar refractivity (Wildman–Crippen MR) is 54.0 cm³/mol. The molecule has 0 aliphatic carbocycles. The minimum absolute atomic E-state index is 0. The summed E-state index contributed by atoms with van der Waals surface area (Å²) in [6.07, 6.45) is 1.79. The molecule has 13 heavy (non-hydrogen) atoms. The van der Waals surface area contributed by atoms with Gasteiger partial charge in [0.1, 0.15) is 0 Å². The maximum Gasteiger partial charge on any atom is 0.0890 e. The van der Waals surface area contributed by atoms with E-state index < -0.39 is 0 Å². The second kappa shape index (κ2) is 3.49. The van der Waals surface area contributed by atoms with Crippen LogP contribution in [0.2, 0.25) is 0 Å². The summed E-state index contributed by atoms with van der Waals surface area (Å²) in [4.78, 5) is 8.63. The van der Waals surface area contributed by atoms with Crippen molar-refractivity contribution in [2.45, 2.75) is 13.8 Å². The van der Waals surface area contributed by atoms with E-state index in [1.807, 2.05) is 19.1 Å². The molecule has 2 aromatic heterocycles. The van der Waals surface area contributed by atoms with E-state index in [4.69, 9.17) is 0 Å². The normalized spacial score (nSPS) is 9.69. The molecular formula is C10H13N3. The molecule has 0 bridgehead atoms. The van der Waals surface area contributed by atoms with Crippen LogP contribution in [-0.4, -0.2) is 9.97 Å². The van der Waals surface area contributed by atoms with Crippen LogP contribution < -0.4 is 6.15 Å². The Kier molecular flexibility index (Phi) is 2.58. The fourth-order valence-corrected chi connectivity index (χ4v) is 1.19. The van der Waals surface area contributed by atoms with Crippen LogP contribution in [0.4, 0.5) is 0 Å². The maximum atomic E-state index is 4.41. The van der Waals surface area contributed by atoms with Crippen molar-refractivity contribution in [1.29, 1.82) is 0 Å². The Hall–Kier alpha value is -1.48. The van der Waals surface area contributed by atoms with Crippen LogP contribution in [0.25, 0.3) is 11.0 Å². The van der Waals surface area contributed by atoms with Crippen molar-refractivity contribution in [2.75, 3.05) is 0 Å². The number of fused-ring (bicyclic) bond motifs is 1. The lowest BCUT2D eigenvalue weighted by Crippen LogP contribution is -1.89. The SMILES string of the molecule is Cc1cc2ncccc2nc1C.N. The molecular weight excluding hydrogens is 162 g/mol. The van der Waals surface area contributed by atoms with Crippen LogP contribution in [0.15, 0.2) is 24.4 Å². The average Bonchev–Trinajstić information content (AvgIpc) is 2.07. The first-order valence-electron chi connectivity index (χ1n) is 3.96. The lowest BCUT2D eigenvalue weighted by atomic mass is 10.2. The van der Waals surface area contributed by atoms with Gasteiger partial charge >= 0.3 is 0 Å². The molecule has 2 aromatic rings. The smallest absolute Gasteiger partial charge is 0.0890 e.